The van der Waals surface area contributed by atoms with Crippen molar-refractivity contribution in [1.82, 2.24) is 5.06 Å². The maximum Gasteiger partial charge on any atom is 0.170 e. The van der Waals surface area contributed by atoms with Crippen LogP contribution in [-0.2, 0) is 15.4 Å². The number of hydrogen-bond donors (Lipinski definition) is 0. The predicted molar refractivity (Wildman–Crippen MR) is 54.3 cm³/mol. The van der Waals surface area contributed by atoms with Gasteiger partial charge in [-0.3, -0.25) is 0 Å². The molecular weight excluding hydrogens is 186 g/mol. The van der Waals surface area contributed by atoms with E-state index in [1.165, 1.54) is 0 Å². The van der Waals surface area contributed by atoms with Crippen LogP contribution in [0.1, 0.15) is 33.6 Å². The van der Waals surface area contributed by atoms with Gasteiger partial charge in [-0.05, 0) is 25.2 Å². The highest BCUT2D eigenvalue weighted by molar-refractivity contribution is 7.79. The number of hydrogen-bond acceptors (Lipinski definition) is 3. The average Bonchev–Trinajstić information content (AvgIpc) is 1.93. The molecule has 0 aromatic rings. The highest BCUT2D eigenvalue weighted by Crippen LogP contribution is 2.33. The molecule has 0 aliphatic carbocycles. The zero-order chi connectivity index (χ0) is 10.1. The van der Waals surface area contributed by atoms with Gasteiger partial charge in [0.25, 0.3) is 0 Å². The van der Waals surface area contributed by atoms with Crippen LogP contribution >= 0.6 is 0 Å². The van der Waals surface area contributed by atoms with Crippen molar-refractivity contribution in [2.24, 2.45) is 5.41 Å². The fourth-order valence-corrected chi connectivity index (χ4v) is 2.37. The zero-order valence-electron chi connectivity index (χ0n) is 8.87. The zero-order valence-corrected chi connectivity index (χ0v) is 9.69. The Labute approximate surface area is 83.1 Å². The molecule has 1 rings (SSSR count). The van der Waals surface area contributed by atoms with Crippen molar-refractivity contribution in [3.8, 4) is 0 Å². The first-order chi connectivity index (χ1) is 5.91. The molecule has 0 amide bonds. The smallest absolute Gasteiger partial charge is 0.170 e. The average molecular weight is 205 g/mol. The van der Waals surface area contributed by atoms with E-state index >= 15 is 0 Å². The fourth-order valence-electron chi connectivity index (χ4n) is 1.88. The number of piperidine rings is 1. The van der Waals surface area contributed by atoms with Crippen molar-refractivity contribution < 1.29 is 8.49 Å². The van der Waals surface area contributed by atoms with Gasteiger partial charge in [0.15, 0.2) is 11.1 Å². The lowest BCUT2D eigenvalue weighted by Crippen LogP contribution is -2.43. The Morgan fingerprint density at radius 1 is 1.54 bits per heavy atom. The lowest BCUT2D eigenvalue weighted by Gasteiger charge is -2.40. The first-order valence-corrected chi connectivity index (χ1v) is 6.17. The van der Waals surface area contributed by atoms with Crippen LogP contribution in [0, 0.1) is 5.41 Å². The minimum Gasteiger partial charge on any atom is -0.228 e. The van der Waals surface area contributed by atoms with Crippen molar-refractivity contribution in [3.05, 3.63) is 0 Å². The lowest BCUT2D eigenvalue weighted by atomic mass is 9.80. The predicted octanol–water partition coefficient (Wildman–Crippen LogP) is 1.72. The number of rotatable bonds is 2. The summed E-state index contributed by atoms with van der Waals surface area (Å²) >= 11 is -1.18. The molecule has 78 valence electrons. The van der Waals surface area contributed by atoms with Crippen LogP contribution in [-0.4, -0.2) is 28.1 Å². The Morgan fingerprint density at radius 3 is 2.62 bits per heavy atom. The second-order valence-corrected chi connectivity index (χ2v) is 5.54. The van der Waals surface area contributed by atoms with Crippen LogP contribution in [0.2, 0.25) is 0 Å². The van der Waals surface area contributed by atoms with E-state index in [2.05, 4.69) is 20.8 Å². The Kier molecular flexibility index (Phi) is 3.49. The standard InChI is InChI=1S/C9H19NO2S/c1-8-7-9(2,3)5-6-10(8)12-13(4)11/h8H,5-7H2,1-4H3. The summed E-state index contributed by atoms with van der Waals surface area (Å²) in [6.45, 7) is 7.54. The first kappa shape index (κ1) is 11.1. The molecule has 1 heterocycles. The van der Waals surface area contributed by atoms with Crippen LogP contribution < -0.4 is 0 Å². The van der Waals surface area contributed by atoms with Crippen molar-refractivity contribution in [1.29, 1.82) is 0 Å². The minimum atomic E-state index is -1.18. The van der Waals surface area contributed by atoms with Gasteiger partial charge in [0.2, 0.25) is 0 Å². The van der Waals surface area contributed by atoms with Crippen LogP contribution in [0.25, 0.3) is 0 Å². The molecule has 3 nitrogen and oxygen atoms in total. The molecular formula is C9H19NO2S. The van der Waals surface area contributed by atoms with Crippen LogP contribution in [0.5, 0.6) is 0 Å². The molecule has 0 radical (unpaired) electrons. The van der Waals surface area contributed by atoms with Crippen molar-refractivity contribution in [3.63, 3.8) is 0 Å². The maximum absolute atomic E-state index is 10.9. The van der Waals surface area contributed by atoms with E-state index in [0.29, 0.717) is 11.5 Å². The maximum atomic E-state index is 10.9. The normalized spacial score (nSPS) is 31.5. The number of hydroxylamine groups is 2. The summed E-state index contributed by atoms with van der Waals surface area (Å²) in [7, 11) is 0. The number of nitrogens with zero attached hydrogens (tertiary/aromatic N) is 1. The van der Waals surface area contributed by atoms with E-state index in [0.717, 1.165) is 19.4 Å². The highest BCUT2D eigenvalue weighted by atomic mass is 32.2. The third kappa shape index (κ3) is 3.37. The summed E-state index contributed by atoms with van der Waals surface area (Å²) in [5.41, 5.74) is 0.397. The summed E-state index contributed by atoms with van der Waals surface area (Å²) in [4.78, 5) is 0. The summed E-state index contributed by atoms with van der Waals surface area (Å²) in [6, 6.07) is 0.368. The Morgan fingerprint density at radius 2 is 2.15 bits per heavy atom. The minimum absolute atomic E-state index is 0.368. The van der Waals surface area contributed by atoms with Gasteiger partial charge < -0.3 is 0 Å². The van der Waals surface area contributed by atoms with Gasteiger partial charge in [0.05, 0.1) is 0 Å². The second-order valence-electron chi connectivity index (χ2n) is 4.58. The Hall–Kier alpha value is 0.0700. The molecule has 0 aromatic carbocycles. The molecule has 0 saturated carbocycles. The topological polar surface area (TPSA) is 29.5 Å². The SMILES string of the molecule is CC1CC(C)(C)CCN1OS(C)=O. The van der Waals surface area contributed by atoms with Crippen LogP contribution in [0.4, 0.5) is 0 Å². The third-order valence-electron chi connectivity index (χ3n) is 2.55. The van der Waals surface area contributed by atoms with Gasteiger partial charge in [0, 0.05) is 18.8 Å². The molecule has 0 N–H and O–H groups in total. The quantitative estimate of drug-likeness (QED) is 0.687. The molecule has 1 fully saturated rings. The second kappa shape index (κ2) is 4.07. The molecule has 2 unspecified atom stereocenters. The van der Waals surface area contributed by atoms with Crippen molar-refractivity contribution in [2.45, 2.75) is 39.7 Å². The van der Waals surface area contributed by atoms with Crippen molar-refractivity contribution >= 4 is 11.1 Å². The molecule has 0 aromatic heterocycles. The summed E-state index contributed by atoms with van der Waals surface area (Å²) in [5.74, 6) is 0. The van der Waals surface area contributed by atoms with E-state index < -0.39 is 11.1 Å². The van der Waals surface area contributed by atoms with Gasteiger partial charge in [0.1, 0.15) is 0 Å². The summed E-state index contributed by atoms with van der Waals surface area (Å²) in [5, 5.41) is 1.85. The molecule has 13 heavy (non-hydrogen) atoms. The van der Waals surface area contributed by atoms with Gasteiger partial charge in [-0.15, -0.1) is 0 Å². The van der Waals surface area contributed by atoms with Crippen molar-refractivity contribution in [2.75, 3.05) is 12.8 Å². The molecule has 0 spiro atoms. The Balaban J connectivity index is 2.49. The Bertz CT molecular complexity index is 206. The molecule has 0 bridgehead atoms. The molecule has 1 aliphatic heterocycles. The van der Waals surface area contributed by atoms with E-state index in [9.17, 15) is 4.21 Å². The van der Waals surface area contributed by atoms with Crippen LogP contribution in [0.15, 0.2) is 0 Å². The summed E-state index contributed by atoms with van der Waals surface area (Å²) in [6.07, 6.45) is 3.77. The van der Waals surface area contributed by atoms with Gasteiger partial charge in [-0.1, -0.05) is 13.8 Å². The van der Waals surface area contributed by atoms with E-state index in [1.54, 1.807) is 6.26 Å². The fraction of sp³-hybridized carbons (Fsp3) is 1.00. The molecule has 4 heteroatoms. The highest BCUT2D eigenvalue weighted by Gasteiger charge is 2.31. The first-order valence-electron chi connectivity index (χ1n) is 4.69. The van der Waals surface area contributed by atoms with Gasteiger partial charge in [-0.2, -0.15) is 9.35 Å². The third-order valence-corrected chi connectivity index (χ3v) is 2.95. The van der Waals surface area contributed by atoms with E-state index in [4.69, 9.17) is 4.28 Å². The monoisotopic (exact) mass is 205 g/mol. The molecule has 2 atom stereocenters. The van der Waals surface area contributed by atoms with Gasteiger partial charge in [-0.25, -0.2) is 4.21 Å². The lowest BCUT2D eigenvalue weighted by molar-refractivity contribution is -0.118. The van der Waals surface area contributed by atoms with E-state index in [1.807, 2.05) is 5.06 Å². The molecule has 1 saturated heterocycles. The van der Waals surface area contributed by atoms with Crippen LogP contribution in [0.3, 0.4) is 0 Å². The largest absolute Gasteiger partial charge is 0.228 e. The summed E-state index contributed by atoms with van der Waals surface area (Å²) < 4.78 is 16.1. The van der Waals surface area contributed by atoms with Gasteiger partial charge >= 0.3 is 0 Å². The molecule has 1 aliphatic rings. The van der Waals surface area contributed by atoms with E-state index in [-0.39, 0.29) is 0 Å².